The number of benzene rings is 2. The first-order valence-corrected chi connectivity index (χ1v) is 11.4. The van der Waals surface area contributed by atoms with Crippen LogP contribution in [0.5, 0.6) is 0 Å². The zero-order valence-corrected chi connectivity index (χ0v) is 18.1. The van der Waals surface area contributed by atoms with Gasteiger partial charge in [-0.25, -0.2) is 8.42 Å². The van der Waals surface area contributed by atoms with Gasteiger partial charge in [-0.15, -0.1) is 0 Å². The zero-order chi connectivity index (χ0) is 21.3. The Morgan fingerprint density at radius 2 is 1.83 bits per heavy atom. The molecule has 0 spiro atoms. The summed E-state index contributed by atoms with van der Waals surface area (Å²) in [6.07, 6.45) is 1.08. The van der Waals surface area contributed by atoms with Crippen LogP contribution >= 0.6 is 11.3 Å². The van der Waals surface area contributed by atoms with E-state index in [1.54, 1.807) is 4.57 Å². The van der Waals surface area contributed by atoms with Gasteiger partial charge in [-0.05, 0) is 43.2 Å². The molecule has 0 saturated heterocycles. The third kappa shape index (κ3) is 4.30. The highest BCUT2D eigenvalue weighted by Gasteiger charge is 2.16. The number of aromatic nitrogens is 1. The highest BCUT2D eigenvalue weighted by Crippen LogP contribution is 2.25. The molecule has 0 radical (unpaired) electrons. The lowest BCUT2D eigenvalue weighted by atomic mass is 10.1. The van der Waals surface area contributed by atoms with Crippen LogP contribution < -0.4 is 4.80 Å². The number of esters is 1. The number of nitrogens with zero attached hydrogens (tertiary/aromatic N) is 2. The van der Waals surface area contributed by atoms with E-state index in [4.69, 9.17) is 4.74 Å². The first kappa shape index (κ1) is 20.9. The Morgan fingerprint density at radius 1 is 1.14 bits per heavy atom. The maximum Gasteiger partial charge on any atom is 0.325 e. The third-order valence-corrected chi connectivity index (χ3v) is 6.77. The van der Waals surface area contributed by atoms with Gasteiger partial charge in [0.1, 0.15) is 6.54 Å². The molecule has 0 aliphatic rings. The van der Waals surface area contributed by atoms with Gasteiger partial charge in [0.25, 0.3) is 5.91 Å². The predicted molar refractivity (Wildman–Crippen MR) is 111 cm³/mol. The molecule has 0 saturated carbocycles. The molecule has 1 heterocycles. The van der Waals surface area contributed by atoms with Crippen LogP contribution in [0.3, 0.4) is 0 Å². The van der Waals surface area contributed by atoms with Crippen LogP contribution in [0.15, 0.2) is 46.3 Å². The number of sulfone groups is 1. The van der Waals surface area contributed by atoms with E-state index in [9.17, 15) is 18.0 Å². The Bertz CT molecular complexity index is 1300. The lowest BCUT2D eigenvalue weighted by molar-refractivity contribution is -0.141. The van der Waals surface area contributed by atoms with E-state index in [1.165, 1.54) is 42.7 Å². The van der Waals surface area contributed by atoms with Gasteiger partial charge >= 0.3 is 5.97 Å². The second kappa shape index (κ2) is 7.92. The van der Waals surface area contributed by atoms with E-state index in [2.05, 4.69) is 4.99 Å². The van der Waals surface area contributed by atoms with E-state index in [-0.39, 0.29) is 17.0 Å². The fourth-order valence-electron chi connectivity index (χ4n) is 2.91. The molecular weight excluding hydrogens is 412 g/mol. The summed E-state index contributed by atoms with van der Waals surface area (Å²) in [5, 5.41) is 0. The lowest BCUT2D eigenvalue weighted by Crippen LogP contribution is -2.22. The molecule has 3 rings (SSSR count). The molecule has 7 nitrogen and oxygen atoms in total. The van der Waals surface area contributed by atoms with Crippen LogP contribution in [0.25, 0.3) is 10.2 Å². The van der Waals surface area contributed by atoms with Crippen LogP contribution in [0.2, 0.25) is 0 Å². The molecule has 0 atom stereocenters. The van der Waals surface area contributed by atoms with E-state index < -0.39 is 21.7 Å². The minimum atomic E-state index is -3.45. The average molecular weight is 433 g/mol. The highest BCUT2D eigenvalue weighted by atomic mass is 32.2. The van der Waals surface area contributed by atoms with Crippen molar-refractivity contribution in [1.82, 2.24) is 4.57 Å². The average Bonchev–Trinajstić information content (AvgIpc) is 3.03. The van der Waals surface area contributed by atoms with Crippen molar-refractivity contribution < 1.29 is 22.7 Å². The van der Waals surface area contributed by atoms with E-state index in [1.807, 2.05) is 26.0 Å². The fourth-order valence-corrected chi connectivity index (χ4v) is 4.75. The minimum Gasteiger partial charge on any atom is -0.468 e. The second-order valence-corrected chi connectivity index (χ2v) is 9.63. The molecule has 9 heteroatoms. The molecule has 0 bridgehead atoms. The van der Waals surface area contributed by atoms with Crippen molar-refractivity contribution in [3.63, 3.8) is 0 Å². The number of carbonyl (C=O) groups excluding carboxylic acids is 2. The molecule has 3 aromatic rings. The minimum absolute atomic E-state index is 0.0454. The van der Waals surface area contributed by atoms with Crippen molar-refractivity contribution in [3.8, 4) is 0 Å². The van der Waals surface area contributed by atoms with Crippen LogP contribution in [0.1, 0.15) is 21.5 Å². The molecule has 29 heavy (non-hydrogen) atoms. The van der Waals surface area contributed by atoms with Crippen molar-refractivity contribution in [2.75, 3.05) is 13.4 Å². The first-order chi connectivity index (χ1) is 13.6. The summed E-state index contributed by atoms with van der Waals surface area (Å²) in [5.74, 6) is -1.05. The van der Waals surface area contributed by atoms with Gasteiger partial charge in [0.2, 0.25) is 0 Å². The molecule has 1 amide bonds. The number of fused-ring (bicyclic) bond motifs is 1. The van der Waals surface area contributed by atoms with Gasteiger partial charge in [0, 0.05) is 11.8 Å². The van der Waals surface area contributed by atoms with Gasteiger partial charge in [0.15, 0.2) is 14.6 Å². The van der Waals surface area contributed by atoms with Crippen molar-refractivity contribution in [1.29, 1.82) is 0 Å². The van der Waals surface area contributed by atoms with E-state index >= 15 is 0 Å². The fraction of sp³-hybridized carbons (Fsp3) is 0.250. The van der Waals surface area contributed by atoms with E-state index in [0.717, 1.165) is 27.6 Å². The molecule has 2 aromatic carbocycles. The van der Waals surface area contributed by atoms with Crippen molar-refractivity contribution in [2.45, 2.75) is 25.3 Å². The molecule has 152 valence electrons. The molecule has 0 aliphatic heterocycles. The van der Waals surface area contributed by atoms with Crippen LogP contribution in [0, 0.1) is 13.8 Å². The highest BCUT2D eigenvalue weighted by molar-refractivity contribution is 7.90. The van der Waals surface area contributed by atoms with Gasteiger partial charge in [-0.2, -0.15) is 4.99 Å². The smallest absolute Gasteiger partial charge is 0.325 e. The number of ether oxygens (including phenoxy) is 1. The number of thiazole rings is 1. The van der Waals surface area contributed by atoms with Crippen LogP contribution in [-0.4, -0.2) is 38.2 Å². The largest absolute Gasteiger partial charge is 0.468 e. The summed E-state index contributed by atoms with van der Waals surface area (Å²) in [5.41, 5.74) is 2.92. The summed E-state index contributed by atoms with van der Waals surface area (Å²) in [6, 6.07) is 9.65. The standard InChI is InChI=1S/C20H20N2O5S2/c1-12-8-9-13(2)18-17(12)22(11-16(23)27-3)20(28-18)21-19(24)14-6-5-7-15(10-14)29(4,25)26/h5-10H,11H2,1-4H3. The molecular formula is C20H20N2O5S2. The summed E-state index contributed by atoms with van der Waals surface area (Å²) in [6.45, 7) is 3.78. The Hall–Kier alpha value is -2.78. The Labute approximate surface area is 172 Å². The van der Waals surface area contributed by atoms with Gasteiger partial charge in [-0.1, -0.05) is 29.5 Å². The predicted octanol–water partition coefficient (Wildman–Crippen LogP) is 2.64. The van der Waals surface area contributed by atoms with Crippen LogP contribution in [0.4, 0.5) is 0 Å². The Kier molecular flexibility index (Phi) is 5.72. The van der Waals surface area contributed by atoms with Crippen molar-refractivity contribution in [3.05, 3.63) is 57.9 Å². The Balaban J connectivity index is 2.21. The number of aryl methyl sites for hydroxylation is 2. The van der Waals surface area contributed by atoms with Gasteiger partial charge < -0.3 is 9.30 Å². The topological polar surface area (TPSA) is 94.8 Å². The monoisotopic (exact) mass is 432 g/mol. The van der Waals surface area contributed by atoms with Crippen molar-refractivity contribution in [2.24, 2.45) is 4.99 Å². The quantitative estimate of drug-likeness (QED) is 0.591. The number of carbonyl (C=O) groups is 2. The normalized spacial score (nSPS) is 12.3. The summed E-state index contributed by atoms with van der Waals surface area (Å²) in [7, 11) is -2.15. The summed E-state index contributed by atoms with van der Waals surface area (Å²) in [4.78, 5) is 29.3. The molecule has 0 N–H and O–H groups in total. The van der Waals surface area contributed by atoms with E-state index in [0.29, 0.717) is 4.80 Å². The maximum absolute atomic E-state index is 12.8. The first-order valence-electron chi connectivity index (χ1n) is 8.67. The molecule has 0 fully saturated rings. The number of amides is 1. The summed E-state index contributed by atoms with van der Waals surface area (Å²) >= 11 is 1.30. The number of hydrogen-bond donors (Lipinski definition) is 0. The lowest BCUT2D eigenvalue weighted by Gasteiger charge is -2.07. The number of methoxy groups -OCH3 is 1. The molecule has 0 unspecified atom stereocenters. The number of rotatable bonds is 4. The number of hydrogen-bond acceptors (Lipinski definition) is 6. The molecule has 1 aromatic heterocycles. The Morgan fingerprint density at radius 3 is 2.48 bits per heavy atom. The van der Waals surface area contributed by atoms with Gasteiger partial charge in [0.05, 0.1) is 22.2 Å². The summed E-state index contributed by atoms with van der Waals surface area (Å²) < 4.78 is 30.9. The maximum atomic E-state index is 12.8. The molecule has 0 aliphatic carbocycles. The van der Waals surface area contributed by atoms with Crippen molar-refractivity contribution >= 4 is 43.3 Å². The van der Waals surface area contributed by atoms with Gasteiger partial charge in [-0.3, -0.25) is 9.59 Å². The van der Waals surface area contributed by atoms with Crippen LogP contribution in [-0.2, 0) is 25.9 Å². The third-order valence-electron chi connectivity index (χ3n) is 4.45. The zero-order valence-electron chi connectivity index (χ0n) is 16.4. The SMILES string of the molecule is COC(=O)Cn1c(=NC(=O)c2cccc(S(C)(=O)=O)c2)sc2c(C)ccc(C)c21. The second-order valence-electron chi connectivity index (χ2n) is 6.64.